The molecule has 0 saturated heterocycles. The number of oxazole rings is 1. The molecule has 25 heavy (non-hydrogen) atoms. The van der Waals surface area contributed by atoms with Crippen LogP contribution >= 0.6 is 24.0 Å². The number of benzene rings is 1. The average Bonchev–Trinajstić information content (AvgIpc) is 2.86. The van der Waals surface area contributed by atoms with Crippen molar-refractivity contribution in [3.8, 4) is 0 Å². The number of aliphatic imine (C=N–C) groups is 1. The summed E-state index contributed by atoms with van der Waals surface area (Å²) in [5.74, 6) is 1.90. The lowest BCUT2D eigenvalue weighted by atomic mass is 9.84. The van der Waals surface area contributed by atoms with Gasteiger partial charge in [0.1, 0.15) is 11.6 Å². The minimum atomic E-state index is -0.225. The van der Waals surface area contributed by atoms with Gasteiger partial charge in [-0.15, -0.1) is 24.0 Å². The van der Waals surface area contributed by atoms with E-state index in [0.29, 0.717) is 24.9 Å². The first-order chi connectivity index (χ1) is 11.3. The van der Waals surface area contributed by atoms with Crippen molar-refractivity contribution in [2.75, 3.05) is 13.6 Å². The lowest BCUT2D eigenvalue weighted by Gasteiger charge is -2.26. The van der Waals surface area contributed by atoms with E-state index in [0.717, 1.165) is 17.0 Å². The molecule has 1 aromatic heterocycles. The fraction of sp³-hybridized carbons (Fsp3) is 0.444. The van der Waals surface area contributed by atoms with E-state index in [1.54, 1.807) is 7.05 Å². The molecule has 2 rings (SSSR count). The summed E-state index contributed by atoms with van der Waals surface area (Å²) in [5, 5.41) is 6.47. The Morgan fingerprint density at radius 1 is 1.20 bits per heavy atom. The van der Waals surface area contributed by atoms with E-state index < -0.39 is 0 Å². The Hall–Kier alpha value is -1.64. The standard InChI is InChI=1S/C18H25FN4O.HI/c1-12-13(2)24-16(23-12)10-21-17(20-5)22-11-18(3,4)14-6-8-15(19)9-7-14;/h6-9H,10-11H2,1-5H3,(H2,20,21,22);1H. The fourth-order valence-electron chi connectivity index (χ4n) is 2.30. The highest BCUT2D eigenvalue weighted by Gasteiger charge is 2.21. The summed E-state index contributed by atoms with van der Waals surface area (Å²) in [7, 11) is 1.71. The van der Waals surface area contributed by atoms with Crippen LogP contribution in [0.3, 0.4) is 0 Å². The minimum Gasteiger partial charge on any atom is -0.444 e. The molecule has 0 bridgehead atoms. The van der Waals surface area contributed by atoms with Gasteiger partial charge in [-0.25, -0.2) is 9.37 Å². The van der Waals surface area contributed by atoms with Crippen LogP contribution in [0.15, 0.2) is 33.7 Å². The highest BCUT2D eigenvalue weighted by molar-refractivity contribution is 14.0. The second kappa shape index (κ2) is 9.17. The van der Waals surface area contributed by atoms with E-state index in [2.05, 4.69) is 34.5 Å². The van der Waals surface area contributed by atoms with Crippen LogP contribution in [0.2, 0.25) is 0 Å². The molecule has 138 valence electrons. The van der Waals surface area contributed by atoms with Crippen molar-refractivity contribution >= 4 is 29.9 Å². The second-order valence-corrected chi connectivity index (χ2v) is 6.42. The molecule has 2 aromatic rings. The van der Waals surface area contributed by atoms with Gasteiger partial charge in [0.25, 0.3) is 0 Å². The number of nitrogens with zero attached hydrogens (tertiary/aromatic N) is 2. The average molecular weight is 460 g/mol. The largest absolute Gasteiger partial charge is 0.444 e. The Morgan fingerprint density at radius 3 is 2.36 bits per heavy atom. The van der Waals surface area contributed by atoms with Gasteiger partial charge in [-0.2, -0.15) is 0 Å². The third-order valence-corrected chi connectivity index (χ3v) is 4.03. The SMILES string of the molecule is CN=C(NCc1nc(C)c(C)o1)NCC(C)(C)c1ccc(F)cc1.I. The maximum absolute atomic E-state index is 13.1. The molecule has 0 spiro atoms. The third kappa shape index (κ3) is 5.98. The quantitative estimate of drug-likeness (QED) is 0.406. The van der Waals surface area contributed by atoms with Gasteiger partial charge >= 0.3 is 0 Å². The maximum atomic E-state index is 13.1. The number of hydrogen-bond donors (Lipinski definition) is 2. The van der Waals surface area contributed by atoms with Crippen LogP contribution in [0.25, 0.3) is 0 Å². The Kier molecular flexibility index (Phi) is 7.85. The highest BCUT2D eigenvalue weighted by atomic mass is 127. The molecule has 2 N–H and O–H groups in total. The van der Waals surface area contributed by atoms with Crippen LogP contribution in [0.4, 0.5) is 4.39 Å². The fourth-order valence-corrected chi connectivity index (χ4v) is 2.30. The van der Waals surface area contributed by atoms with E-state index in [1.165, 1.54) is 12.1 Å². The Bertz CT molecular complexity index is 691. The summed E-state index contributed by atoms with van der Waals surface area (Å²) in [6, 6.07) is 6.59. The van der Waals surface area contributed by atoms with E-state index in [1.807, 2.05) is 26.0 Å². The summed E-state index contributed by atoms with van der Waals surface area (Å²) in [4.78, 5) is 8.54. The summed E-state index contributed by atoms with van der Waals surface area (Å²) in [6.07, 6.45) is 0. The topological polar surface area (TPSA) is 62.5 Å². The van der Waals surface area contributed by atoms with Gasteiger partial charge in [0.2, 0.25) is 5.89 Å². The van der Waals surface area contributed by atoms with Crippen molar-refractivity contribution in [2.24, 2.45) is 4.99 Å². The summed E-state index contributed by atoms with van der Waals surface area (Å²) in [5.41, 5.74) is 1.79. The van der Waals surface area contributed by atoms with Gasteiger partial charge < -0.3 is 15.1 Å². The van der Waals surface area contributed by atoms with Crippen molar-refractivity contribution in [3.63, 3.8) is 0 Å². The summed E-state index contributed by atoms with van der Waals surface area (Å²) < 4.78 is 18.6. The van der Waals surface area contributed by atoms with Crippen LogP contribution in [-0.2, 0) is 12.0 Å². The second-order valence-electron chi connectivity index (χ2n) is 6.42. The first-order valence-electron chi connectivity index (χ1n) is 7.95. The van der Waals surface area contributed by atoms with E-state index in [4.69, 9.17) is 4.42 Å². The molecule has 0 saturated carbocycles. The Balaban J connectivity index is 0.00000312. The highest BCUT2D eigenvalue weighted by Crippen LogP contribution is 2.22. The van der Waals surface area contributed by atoms with Crippen molar-refractivity contribution in [1.29, 1.82) is 0 Å². The molecule has 7 heteroatoms. The maximum Gasteiger partial charge on any atom is 0.214 e. The molecule has 5 nitrogen and oxygen atoms in total. The number of halogens is 2. The van der Waals surface area contributed by atoms with Crippen LogP contribution in [0.5, 0.6) is 0 Å². The lowest BCUT2D eigenvalue weighted by Crippen LogP contribution is -2.43. The zero-order valence-electron chi connectivity index (χ0n) is 15.3. The zero-order chi connectivity index (χ0) is 17.7. The first-order valence-corrected chi connectivity index (χ1v) is 7.95. The third-order valence-electron chi connectivity index (χ3n) is 4.03. The molecular weight excluding hydrogens is 434 g/mol. The molecule has 0 aliphatic rings. The van der Waals surface area contributed by atoms with Gasteiger partial charge in [0.15, 0.2) is 5.96 Å². The Morgan fingerprint density at radius 2 is 1.84 bits per heavy atom. The number of aryl methyl sites for hydroxylation is 2. The van der Waals surface area contributed by atoms with Crippen LogP contribution in [0, 0.1) is 19.7 Å². The number of hydrogen-bond acceptors (Lipinski definition) is 3. The van der Waals surface area contributed by atoms with Gasteiger partial charge in [-0.1, -0.05) is 26.0 Å². The van der Waals surface area contributed by atoms with E-state index in [-0.39, 0.29) is 35.2 Å². The molecule has 0 atom stereocenters. The van der Waals surface area contributed by atoms with E-state index in [9.17, 15) is 4.39 Å². The number of guanidine groups is 1. The van der Waals surface area contributed by atoms with Crippen molar-refractivity contribution in [2.45, 2.75) is 39.7 Å². The molecule has 1 heterocycles. The van der Waals surface area contributed by atoms with Gasteiger partial charge in [0.05, 0.1) is 12.2 Å². The van der Waals surface area contributed by atoms with Crippen molar-refractivity contribution in [3.05, 3.63) is 53.0 Å². The lowest BCUT2D eigenvalue weighted by molar-refractivity contribution is 0.461. The van der Waals surface area contributed by atoms with Gasteiger partial charge in [-0.05, 0) is 31.5 Å². The number of rotatable bonds is 5. The first kappa shape index (κ1) is 21.4. The summed E-state index contributed by atoms with van der Waals surface area (Å²) >= 11 is 0. The molecule has 0 radical (unpaired) electrons. The predicted molar refractivity (Wildman–Crippen MR) is 109 cm³/mol. The molecular formula is C18H26FIN4O. The molecule has 0 amide bonds. The van der Waals surface area contributed by atoms with Crippen LogP contribution < -0.4 is 10.6 Å². The zero-order valence-corrected chi connectivity index (χ0v) is 17.6. The van der Waals surface area contributed by atoms with Gasteiger partial charge in [-0.3, -0.25) is 4.99 Å². The Labute approximate surface area is 165 Å². The monoisotopic (exact) mass is 460 g/mol. The molecule has 0 fully saturated rings. The summed E-state index contributed by atoms with van der Waals surface area (Å²) in [6.45, 7) is 9.13. The van der Waals surface area contributed by atoms with E-state index >= 15 is 0 Å². The molecule has 0 aliphatic carbocycles. The molecule has 0 unspecified atom stereocenters. The number of nitrogens with one attached hydrogen (secondary N) is 2. The normalized spacial score (nSPS) is 11.8. The van der Waals surface area contributed by atoms with Crippen molar-refractivity contribution < 1.29 is 8.81 Å². The molecule has 0 aliphatic heterocycles. The minimum absolute atomic E-state index is 0. The predicted octanol–water partition coefficient (Wildman–Crippen LogP) is 3.69. The number of aromatic nitrogens is 1. The van der Waals surface area contributed by atoms with Crippen LogP contribution in [-0.4, -0.2) is 24.5 Å². The van der Waals surface area contributed by atoms with Crippen LogP contribution in [0.1, 0.15) is 36.8 Å². The molecule has 1 aromatic carbocycles. The van der Waals surface area contributed by atoms with Gasteiger partial charge in [0, 0.05) is 19.0 Å². The smallest absolute Gasteiger partial charge is 0.214 e. The van der Waals surface area contributed by atoms with Crippen molar-refractivity contribution in [1.82, 2.24) is 15.6 Å².